The van der Waals surface area contributed by atoms with Crippen LogP contribution < -0.4 is 0 Å². The minimum Gasteiger partial charge on any atom is -0.330 e. The predicted octanol–water partition coefficient (Wildman–Crippen LogP) is 2.59. The molecule has 4 nitrogen and oxygen atoms in total. The molecule has 1 fully saturated rings. The molecule has 0 spiro atoms. The summed E-state index contributed by atoms with van der Waals surface area (Å²) in [6, 6.07) is 0.693. The summed E-state index contributed by atoms with van der Waals surface area (Å²) < 4.78 is 4.53. The van der Waals surface area contributed by atoms with Crippen LogP contribution in [0, 0.1) is 0 Å². The molecule has 1 aliphatic rings. The number of rotatable bonds is 4. The Kier molecular flexibility index (Phi) is 2.50. The van der Waals surface area contributed by atoms with Crippen molar-refractivity contribution in [2.45, 2.75) is 45.2 Å². The van der Waals surface area contributed by atoms with Gasteiger partial charge < -0.3 is 9.13 Å². The summed E-state index contributed by atoms with van der Waals surface area (Å²) in [7, 11) is 0. The van der Waals surface area contributed by atoms with E-state index in [1.54, 1.807) is 0 Å². The van der Waals surface area contributed by atoms with E-state index >= 15 is 0 Å². The standard InChI is InChI=1S/C13H18N4/c1-10(2)13-15-5-6-16(13)8-12-7-14-9-17(12)11-3-4-11/h5-7,9-11H,3-4,8H2,1-2H3. The Morgan fingerprint density at radius 1 is 1.41 bits per heavy atom. The monoisotopic (exact) mass is 230 g/mol. The summed E-state index contributed by atoms with van der Waals surface area (Å²) in [6.07, 6.45) is 10.5. The molecule has 0 atom stereocenters. The second-order valence-corrected chi connectivity index (χ2v) is 5.09. The van der Waals surface area contributed by atoms with Crippen LogP contribution in [-0.2, 0) is 6.54 Å². The van der Waals surface area contributed by atoms with Crippen LogP contribution in [0.15, 0.2) is 24.9 Å². The lowest BCUT2D eigenvalue weighted by molar-refractivity contribution is 0.618. The Labute approximate surface area is 101 Å². The van der Waals surface area contributed by atoms with E-state index in [2.05, 4.69) is 39.1 Å². The maximum atomic E-state index is 4.42. The van der Waals surface area contributed by atoms with Crippen molar-refractivity contribution in [3.8, 4) is 0 Å². The van der Waals surface area contributed by atoms with Gasteiger partial charge in [-0.1, -0.05) is 13.8 Å². The van der Waals surface area contributed by atoms with Crippen molar-refractivity contribution in [3.63, 3.8) is 0 Å². The number of hydrogen-bond acceptors (Lipinski definition) is 2. The quantitative estimate of drug-likeness (QED) is 0.809. The molecule has 90 valence electrons. The zero-order valence-corrected chi connectivity index (χ0v) is 10.4. The fourth-order valence-electron chi connectivity index (χ4n) is 2.27. The van der Waals surface area contributed by atoms with E-state index in [9.17, 15) is 0 Å². The van der Waals surface area contributed by atoms with Crippen LogP contribution in [0.25, 0.3) is 0 Å². The molecule has 0 N–H and O–H groups in total. The van der Waals surface area contributed by atoms with E-state index in [4.69, 9.17) is 0 Å². The summed E-state index contributed by atoms with van der Waals surface area (Å²) in [4.78, 5) is 8.69. The molecule has 0 aromatic carbocycles. The molecule has 0 unspecified atom stereocenters. The van der Waals surface area contributed by atoms with Crippen molar-refractivity contribution in [2.24, 2.45) is 0 Å². The Bertz CT molecular complexity index is 467. The fraction of sp³-hybridized carbons (Fsp3) is 0.538. The van der Waals surface area contributed by atoms with Gasteiger partial charge in [0.1, 0.15) is 5.82 Å². The molecule has 0 amide bonds. The third-order valence-electron chi connectivity index (χ3n) is 3.28. The molecule has 3 rings (SSSR count). The van der Waals surface area contributed by atoms with Crippen molar-refractivity contribution in [3.05, 3.63) is 36.4 Å². The molecule has 0 bridgehead atoms. The Morgan fingerprint density at radius 2 is 2.24 bits per heavy atom. The van der Waals surface area contributed by atoms with Gasteiger partial charge in [-0.15, -0.1) is 0 Å². The largest absolute Gasteiger partial charge is 0.330 e. The summed E-state index contributed by atoms with van der Waals surface area (Å²) in [6.45, 7) is 5.23. The zero-order chi connectivity index (χ0) is 11.8. The topological polar surface area (TPSA) is 35.6 Å². The van der Waals surface area contributed by atoms with E-state index in [1.165, 1.54) is 18.5 Å². The third-order valence-corrected chi connectivity index (χ3v) is 3.28. The van der Waals surface area contributed by atoms with Gasteiger partial charge in [0.15, 0.2) is 0 Å². The molecule has 1 saturated carbocycles. The number of imidazole rings is 2. The van der Waals surface area contributed by atoms with Gasteiger partial charge in [-0.25, -0.2) is 9.97 Å². The molecule has 0 aliphatic heterocycles. The van der Waals surface area contributed by atoms with Crippen LogP contribution in [0.4, 0.5) is 0 Å². The van der Waals surface area contributed by atoms with Crippen molar-refractivity contribution in [1.29, 1.82) is 0 Å². The molecule has 2 heterocycles. The van der Waals surface area contributed by atoms with Gasteiger partial charge in [0.05, 0.1) is 18.6 Å². The van der Waals surface area contributed by atoms with Crippen molar-refractivity contribution < 1.29 is 0 Å². The van der Waals surface area contributed by atoms with Gasteiger partial charge >= 0.3 is 0 Å². The average molecular weight is 230 g/mol. The Morgan fingerprint density at radius 3 is 2.94 bits per heavy atom. The van der Waals surface area contributed by atoms with Gasteiger partial charge in [-0.3, -0.25) is 0 Å². The highest BCUT2D eigenvalue weighted by atomic mass is 15.1. The number of nitrogens with zero attached hydrogens (tertiary/aromatic N) is 4. The molecule has 0 saturated heterocycles. The van der Waals surface area contributed by atoms with Gasteiger partial charge in [0.2, 0.25) is 0 Å². The first kappa shape index (κ1) is 10.6. The average Bonchev–Trinajstić information content (AvgIpc) is 2.86. The van der Waals surface area contributed by atoms with Crippen molar-refractivity contribution in [1.82, 2.24) is 19.1 Å². The lowest BCUT2D eigenvalue weighted by atomic mass is 10.2. The van der Waals surface area contributed by atoms with E-state index in [1.807, 2.05) is 18.7 Å². The van der Waals surface area contributed by atoms with Crippen LogP contribution in [-0.4, -0.2) is 19.1 Å². The summed E-state index contributed by atoms with van der Waals surface area (Å²) >= 11 is 0. The Balaban J connectivity index is 1.86. The third kappa shape index (κ3) is 1.99. The van der Waals surface area contributed by atoms with Crippen LogP contribution in [0.2, 0.25) is 0 Å². The second kappa shape index (κ2) is 4.02. The van der Waals surface area contributed by atoms with Gasteiger partial charge in [-0.05, 0) is 12.8 Å². The first-order valence-corrected chi connectivity index (χ1v) is 6.27. The second-order valence-electron chi connectivity index (χ2n) is 5.09. The first-order valence-electron chi connectivity index (χ1n) is 6.27. The molecule has 4 heteroatoms. The van der Waals surface area contributed by atoms with Gasteiger partial charge in [0, 0.05) is 30.6 Å². The molecule has 0 radical (unpaired) electrons. The minimum atomic E-state index is 0.460. The number of aromatic nitrogens is 4. The van der Waals surface area contributed by atoms with E-state index < -0.39 is 0 Å². The summed E-state index contributed by atoms with van der Waals surface area (Å²) in [5, 5.41) is 0. The maximum absolute atomic E-state index is 4.42. The van der Waals surface area contributed by atoms with E-state index in [0.717, 1.165) is 12.4 Å². The van der Waals surface area contributed by atoms with E-state index in [0.29, 0.717) is 12.0 Å². The molecule has 17 heavy (non-hydrogen) atoms. The van der Waals surface area contributed by atoms with E-state index in [-0.39, 0.29) is 0 Å². The van der Waals surface area contributed by atoms with Crippen LogP contribution in [0.5, 0.6) is 0 Å². The molecular formula is C13H18N4. The molecule has 2 aromatic heterocycles. The predicted molar refractivity (Wildman–Crippen MR) is 65.9 cm³/mol. The molecule has 1 aliphatic carbocycles. The zero-order valence-electron chi connectivity index (χ0n) is 10.4. The summed E-state index contributed by atoms with van der Waals surface area (Å²) in [5.74, 6) is 1.61. The highest BCUT2D eigenvalue weighted by Crippen LogP contribution is 2.35. The highest BCUT2D eigenvalue weighted by Gasteiger charge is 2.25. The first-order chi connectivity index (χ1) is 8.25. The minimum absolute atomic E-state index is 0.460. The normalized spacial score (nSPS) is 15.7. The molecule has 2 aromatic rings. The van der Waals surface area contributed by atoms with Gasteiger partial charge in [-0.2, -0.15) is 0 Å². The lowest BCUT2D eigenvalue weighted by Gasteiger charge is -2.11. The fourth-order valence-corrected chi connectivity index (χ4v) is 2.27. The maximum Gasteiger partial charge on any atom is 0.111 e. The Hall–Kier alpha value is -1.58. The van der Waals surface area contributed by atoms with Gasteiger partial charge in [0.25, 0.3) is 0 Å². The van der Waals surface area contributed by atoms with Crippen LogP contribution in [0.3, 0.4) is 0 Å². The molecular weight excluding hydrogens is 212 g/mol. The van der Waals surface area contributed by atoms with Crippen molar-refractivity contribution >= 4 is 0 Å². The SMILES string of the molecule is CC(C)c1nccn1Cc1cncn1C1CC1. The van der Waals surface area contributed by atoms with Crippen LogP contribution in [0.1, 0.15) is 50.2 Å². The highest BCUT2D eigenvalue weighted by molar-refractivity contribution is 5.07. The number of hydrogen-bond donors (Lipinski definition) is 0. The summed E-state index contributed by atoms with van der Waals surface area (Å²) in [5.41, 5.74) is 1.28. The lowest BCUT2D eigenvalue weighted by Crippen LogP contribution is -2.09. The smallest absolute Gasteiger partial charge is 0.111 e. The van der Waals surface area contributed by atoms with Crippen LogP contribution >= 0.6 is 0 Å². The van der Waals surface area contributed by atoms with Crippen molar-refractivity contribution in [2.75, 3.05) is 0 Å².